The van der Waals surface area contributed by atoms with E-state index in [2.05, 4.69) is 23.8 Å². The molecule has 3 nitrogen and oxygen atoms in total. The van der Waals surface area contributed by atoms with Gasteiger partial charge in [-0.15, -0.1) is 0 Å². The molecule has 2 rings (SSSR count). The largest absolute Gasteiger partial charge is 0.399 e. The molecule has 0 radical (unpaired) electrons. The van der Waals surface area contributed by atoms with Gasteiger partial charge in [0.2, 0.25) is 0 Å². The number of rotatable bonds is 2. The SMILES string of the molecule is CC1CN(C)CCN1Cc1cc(N)cc(F)c1. The highest BCUT2D eigenvalue weighted by Gasteiger charge is 2.21. The van der Waals surface area contributed by atoms with E-state index in [-0.39, 0.29) is 5.82 Å². The number of nitrogens with zero attached hydrogens (tertiary/aromatic N) is 2. The summed E-state index contributed by atoms with van der Waals surface area (Å²) < 4.78 is 13.2. The van der Waals surface area contributed by atoms with Crippen molar-refractivity contribution in [3.8, 4) is 0 Å². The Kier molecular flexibility index (Phi) is 3.64. The topological polar surface area (TPSA) is 32.5 Å². The number of hydrogen-bond acceptors (Lipinski definition) is 3. The predicted molar refractivity (Wildman–Crippen MR) is 68.2 cm³/mol. The molecule has 1 aromatic carbocycles. The highest BCUT2D eigenvalue weighted by Crippen LogP contribution is 2.16. The Bertz CT molecular complexity index is 374. The molecular weight excluding hydrogens is 217 g/mol. The maximum atomic E-state index is 13.2. The second-order valence-electron chi connectivity index (χ2n) is 4.97. The molecule has 0 amide bonds. The number of benzene rings is 1. The van der Waals surface area contributed by atoms with Gasteiger partial charge in [-0.1, -0.05) is 0 Å². The van der Waals surface area contributed by atoms with Crippen molar-refractivity contribution in [3.63, 3.8) is 0 Å². The van der Waals surface area contributed by atoms with E-state index in [1.165, 1.54) is 6.07 Å². The fourth-order valence-electron chi connectivity index (χ4n) is 2.41. The van der Waals surface area contributed by atoms with Crippen LogP contribution in [0.5, 0.6) is 0 Å². The summed E-state index contributed by atoms with van der Waals surface area (Å²) in [5.74, 6) is -0.248. The summed E-state index contributed by atoms with van der Waals surface area (Å²) in [6.45, 7) is 6.13. The molecule has 0 spiro atoms. The molecule has 1 atom stereocenters. The highest BCUT2D eigenvalue weighted by molar-refractivity contribution is 5.41. The lowest BCUT2D eigenvalue weighted by molar-refractivity contribution is 0.0938. The summed E-state index contributed by atoms with van der Waals surface area (Å²) in [5, 5.41) is 0. The monoisotopic (exact) mass is 237 g/mol. The van der Waals surface area contributed by atoms with Crippen LogP contribution in [-0.4, -0.2) is 42.5 Å². The van der Waals surface area contributed by atoms with Crippen LogP contribution < -0.4 is 5.73 Å². The summed E-state index contributed by atoms with van der Waals surface area (Å²) in [6, 6.07) is 5.28. The zero-order valence-electron chi connectivity index (χ0n) is 10.5. The number of nitrogen functional groups attached to an aromatic ring is 1. The molecular formula is C13H20FN3. The van der Waals surface area contributed by atoms with E-state index < -0.39 is 0 Å². The fourth-order valence-corrected chi connectivity index (χ4v) is 2.41. The van der Waals surface area contributed by atoms with E-state index in [0.29, 0.717) is 11.7 Å². The normalized spacial score (nSPS) is 22.9. The summed E-state index contributed by atoms with van der Waals surface area (Å²) in [5.41, 5.74) is 7.11. The van der Waals surface area contributed by atoms with Crippen LogP contribution in [0.1, 0.15) is 12.5 Å². The van der Waals surface area contributed by atoms with E-state index in [9.17, 15) is 4.39 Å². The van der Waals surface area contributed by atoms with Crippen molar-refractivity contribution < 1.29 is 4.39 Å². The molecule has 0 aliphatic carbocycles. The Hall–Kier alpha value is -1.13. The standard InChI is InChI=1S/C13H20FN3/c1-10-8-16(2)3-4-17(10)9-11-5-12(14)7-13(15)6-11/h5-7,10H,3-4,8-9,15H2,1-2H3. The first kappa shape index (κ1) is 12.3. The first-order chi connectivity index (χ1) is 8.04. The summed E-state index contributed by atoms with van der Waals surface area (Å²) in [4.78, 5) is 4.69. The van der Waals surface area contributed by atoms with Gasteiger partial charge in [-0.25, -0.2) is 4.39 Å². The number of likely N-dealkylation sites (N-methyl/N-ethyl adjacent to an activating group) is 1. The van der Waals surface area contributed by atoms with Crippen LogP contribution in [0, 0.1) is 5.82 Å². The lowest BCUT2D eigenvalue weighted by Crippen LogP contribution is -2.49. The van der Waals surface area contributed by atoms with E-state index >= 15 is 0 Å². The van der Waals surface area contributed by atoms with Crippen LogP contribution in [-0.2, 0) is 6.54 Å². The average Bonchev–Trinajstić information content (AvgIpc) is 2.21. The van der Waals surface area contributed by atoms with Gasteiger partial charge < -0.3 is 10.6 Å². The van der Waals surface area contributed by atoms with Crippen molar-refractivity contribution in [2.24, 2.45) is 0 Å². The van der Waals surface area contributed by atoms with Crippen LogP contribution >= 0.6 is 0 Å². The molecule has 0 saturated carbocycles. The van der Waals surface area contributed by atoms with Gasteiger partial charge in [0.1, 0.15) is 5.82 Å². The minimum absolute atomic E-state index is 0.248. The van der Waals surface area contributed by atoms with Crippen molar-refractivity contribution in [2.45, 2.75) is 19.5 Å². The first-order valence-corrected chi connectivity index (χ1v) is 6.02. The van der Waals surface area contributed by atoms with E-state index in [0.717, 1.165) is 31.7 Å². The second kappa shape index (κ2) is 5.02. The molecule has 1 aliphatic heterocycles. The molecule has 1 unspecified atom stereocenters. The molecule has 1 saturated heterocycles. The van der Waals surface area contributed by atoms with Crippen molar-refractivity contribution in [2.75, 3.05) is 32.4 Å². The molecule has 1 fully saturated rings. The molecule has 94 valence electrons. The lowest BCUT2D eigenvalue weighted by atomic mass is 10.1. The number of nitrogens with two attached hydrogens (primary N) is 1. The number of halogens is 1. The molecule has 1 aromatic rings. The third-order valence-corrected chi connectivity index (χ3v) is 3.33. The van der Waals surface area contributed by atoms with E-state index in [4.69, 9.17) is 5.73 Å². The number of anilines is 1. The molecule has 0 aromatic heterocycles. The van der Waals surface area contributed by atoms with Gasteiger partial charge in [0.15, 0.2) is 0 Å². The minimum atomic E-state index is -0.248. The third kappa shape index (κ3) is 3.17. The first-order valence-electron chi connectivity index (χ1n) is 6.02. The third-order valence-electron chi connectivity index (χ3n) is 3.33. The van der Waals surface area contributed by atoms with E-state index in [1.54, 1.807) is 6.07 Å². The Morgan fingerprint density at radius 1 is 1.35 bits per heavy atom. The molecule has 4 heteroatoms. The van der Waals surface area contributed by atoms with Gasteiger partial charge in [-0.3, -0.25) is 4.90 Å². The summed E-state index contributed by atoms with van der Waals surface area (Å²) in [6.07, 6.45) is 0. The van der Waals surface area contributed by atoms with Crippen LogP contribution in [0.4, 0.5) is 10.1 Å². The smallest absolute Gasteiger partial charge is 0.125 e. The van der Waals surface area contributed by atoms with Gasteiger partial charge in [0.25, 0.3) is 0 Å². The van der Waals surface area contributed by atoms with Crippen LogP contribution in [0.25, 0.3) is 0 Å². The van der Waals surface area contributed by atoms with E-state index in [1.807, 2.05) is 6.07 Å². The van der Waals surface area contributed by atoms with Crippen molar-refractivity contribution in [1.82, 2.24) is 9.80 Å². The molecule has 1 aliphatic rings. The second-order valence-corrected chi connectivity index (χ2v) is 4.97. The Morgan fingerprint density at radius 3 is 2.76 bits per heavy atom. The quantitative estimate of drug-likeness (QED) is 0.792. The van der Waals surface area contributed by atoms with Crippen LogP contribution in [0.2, 0.25) is 0 Å². The zero-order valence-corrected chi connectivity index (χ0v) is 10.5. The number of piperazine rings is 1. The Morgan fingerprint density at radius 2 is 2.12 bits per heavy atom. The van der Waals surface area contributed by atoms with Gasteiger partial charge in [-0.2, -0.15) is 0 Å². The van der Waals surface area contributed by atoms with Gasteiger partial charge >= 0.3 is 0 Å². The summed E-state index contributed by atoms with van der Waals surface area (Å²) >= 11 is 0. The van der Waals surface area contributed by atoms with Gasteiger partial charge in [0, 0.05) is 37.9 Å². The Labute approximate surface area is 102 Å². The molecule has 0 bridgehead atoms. The fraction of sp³-hybridized carbons (Fsp3) is 0.538. The minimum Gasteiger partial charge on any atom is -0.399 e. The molecule has 17 heavy (non-hydrogen) atoms. The average molecular weight is 237 g/mol. The zero-order chi connectivity index (χ0) is 12.4. The highest BCUT2D eigenvalue weighted by atomic mass is 19.1. The van der Waals surface area contributed by atoms with Crippen molar-refractivity contribution in [1.29, 1.82) is 0 Å². The predicted octanol–water partition coefficient (Wildman–Crippen LogP) is 1.54. The molecule has 1 heterocycles. The maximum Gasteiger partial charge on any atom is 0.125 e. The van der Waals surface area contributed by atoms with Crippen LogP contribution in [0.3, 0.4) is 0 Å². The lowest BCUT2D eigenvalue weighted by Gasteiger charge is -2.38. The van der Waals surface area contributed by atoms with Gasteiger partial charge in [0.05, 0.1) is 0 Å². The summed E-state index contributed by atoms with van der Waals surface area (Å²) in [7, 11) is 2.13. The Balaban J connectivity index is 2.05. The van der Waals surface area contributed by atoms with Crippen molar-refractivity contribution in [3.05, 3.63) is 29.6 Å². The maximum absolute atomic E-state index is 13.2. The number of hydrogen-bond donors (Lipinski definition) is 1. The van der Waals surface area contributed by atoms with Gasteiger partial charge in [-0.05, 0) is 37.7 Å². The van der Waals surface area contributed by atoms with Crippen LogP contribution in [0.15, 0.2) is 18.2 Å². The molecule has 2 N–H and O–H groups in total. The van der Waals surface area contributed by atoms with Crippen molar-refractivity contribution >= 4 is 5.69 Å².